The number of rotatable bonds is 6. The van der Waals surface area contributed by atoms with Crippen LogP contribution in [0, 0.1) is 10.1 Å². The molecule has 1 aromatic rings. The lowest BCUT2D eigenvalue weighted by molar-refractivity contribution is -0.387. The van der Waals surface area contributed by atoms with E-state index in [1.807, 2.05) is 13.8 Å². The highest BCUT2D eigenvalue weighted by Crippen LogP contribution is 2.00. The quantitative estimate of drug-likeness (QED) is 0.450. The highest BCUT2D eigenvalue weighted by atomic mass is 16.6. The summed E-state index contributed by atoms with van der Waals surface area (Å²) >= 11 is 0. The van der Waals surface area contributed by atoms with Crippen molar-refractivity contribution in [2.45, 2.75) is 26.4 Å². The topological polar surface area (TPSA) is 99.2 Å². The van der Waals surface area contributed by atoms with Crippen molar-refractivity contribution < 1.29 is 4.92 Å². The highest BCUT2D eigenvalue weighted by molar-refractivity contribution is 5.22. The van der Waals surface area contributed by atoms with Gasteiger partial charge in [-0.2, -0.15) is 0 Å². The molecule has 8 nitrogen and oxygen atoms in total. The molecule has 1 rings (SSSR count). The van der Waals surface area contributed by atoms with Crippen LogP contribution >= 0.6 is 0 Å². The summed E-state index contributed by atoms with van der Waals surface area (Å²) in [5.41, 5.74) is -1.55. The molecule has 0 spiro atoms. The van der Waals surface area contributed by atoms with E-state index in [2.05, 4.69) is 11.9 Å². The van der Waals surface area contributed by atoms with Gasteiger partial charge in [-0.1, -0.05) is 20.4 Å². The van der Waals surface area contributed by atoms with Gasteiger partial charge in [0.1, 0.15) is 0 Å². The molecule has 0 saturated heterocycles. The maximum Gasteiger partial charge on any atom is 0.350 e. The lowest BCUT2D eigenvalue weighted by Gasteiger charge is -2.12. The molecule has 8 heteroatoms. The number of aryl methyl sites for hydroxylation is 1. The SMILES string of the molecule is C=C(CNC(C)C)Cn1c(=O)c([N+](=O)[O-])cn(C)c1=O. The van der Waals surface area contributed by atoms with E-state index < -0.39 is 21.9 Å². The Kier molecular flexibility index (Phi) is 4.98. The lowest BCUT2D eigenvalue weighted by Crippen LogP contribution is -2.40. The number of nitrogens with one attached hydrogen (secondary N) is 1. The molecule has 0 atom stereocenters. The first kappa shape index (κ1) is 15.8. The van der Waals surface area contributed by atoms with Crippen LogP contribution in [0.25, 0.3) is 0 Å². The van der Waals surface area contributed by atoms with Crippen LogP contribution in [0.1, 0.15) is 13.8 Å². The number of nitro groups is 1. The molecule has 1 heterocycles. The number of aromatic nitrogens is 2. The normalized spacial score (nSPS) is 10.8. The van der Waals surface area contributed by atoms with Gasteiger partial charge in [-0.05, 0) is 5.57 Å². The Labute approximate surface area is 115 Å². The van der Waals surface area contributed by atoms with Gasteiger partial charge >= 0.3 is 16.9 Å². The molecular formula is C12H18N4O4. The first-order chi connectivity index (χ1) is 9.23. The number of hydrogen-bond donors (Lipinski definition) is 1. The zero-order chi connectivity index (χ0) is 15.4. The van der Waals surface area contributed by atoms with Gasteiger partial charge in [0.2, 0.25) is 0 Å². The maximum atomic E-state index is 11.9. The molecule has 0 bridgehead atoms. The molecule has 20 heavy (non-hydrogen) atoms. The van der Waals surface area contributed by atoms with Crippen molar-refractivity contribution in [2.75, 3.05) is 6.54 Å². The van der Waals surface area contributed by atoms with Crippen molar-refractivity contribution in [2.24, 2.45) is 7.05 Å². The van der Waals surface area contributed by atoms with E-state index in [-0.39, 0.29) is 12.6 Å². The summed E-state index contributed by atoms with van der Waals surface area (Å²) in [6, 6.07) is 0.233. The Morgan fingerprint density at radius 1 is 1.50 bits per heavy atom. The van der Waals surface area contributed by atoms with Gasteiger partial charge in [-0.15, -0.1) is 0 Å². The summed E-state index contributed by atoms with van der Waals surface area (Å²) in [4.78, 5) is 33.8. The largest absolute Gasteiger partial charge is 0.350 e. The van der Waals surface area contributed by atoms with Gasteiger partial charge in [0.25, 0.3) is 0 Å². The van der Waals surface area contributed by atoms with Crippen LogP contribution in [-0.4, -0.2) is 26.6 Å². The van der Waals surface area contributed by atoms with Crippen molar-refractivity contribution in [3.8, 4) is 0 Å². The van der Waals surface area contributed by atoms with E-state index in [1.165, 1.54) is 7.05 Å². The van der Waals surface area contributed by atoms with Crippen LogP contribution in [-0.2, 0) is 13.6 Å². The predicted octanol–water partition coefficient (Wildman–Crippen LogP) is 0.00940. The fourth-order valence-corrected chi connectivity index (χ4v) is 1.60. The van der Waals surface area contributed by atoms with E-state index in [0.717, 1.165) is 15.3 Å². The average molecular weight is 282 g/mol. The predicted molar refractivity (Wildman–Crippen MR) is 74.9 cm³/mol. The summed E-state index contributed by atoms with van der Waals surface area (Å²) in [5.74, 6) is 0. The Morgan fingerprint density at radius 3 is 2.60 bits per heavy atom. The number of nitrogens with zero attached hydrogens (tertiary/aromatic N) is 3. The first-order valence-corrected chi connectivity index (χ1v) is 6.09. The van der Waals surface area contributed by atoms with Crippen molar-refractivity contribution >= 4 is 5.69 Å². The molecule has 0 aliphatic carbocycles. The van der Waals surface area contributed by atoms with Crippen LogP contribution in [0.3, 0.4) is 0 Å². The second kappa shape index (κ2) is 6.29. The molecular weight excluding hydrogens is 264 g/mol. The Hall–Kier alpha value is -2.22. The van der Waals surface area contributed by atoms with Crippen LogP contribution < -0.4 is 16.6 Å². The zero-order valence-electron chi connectivity index (χ0n) is 11.8. The van der Waals surface area contributed by atoms with Crippen LogP contribution in [0.4, 0.5) is 5.69 Å². The summed E-state index contributed by atoms with van der Waals surface area (Å²) in [5, 5.41) is 13.9. The van der Waals surface area contributed by atoms with Gasteiger partial charge in [-0.25, -0.2) is 4.79 Å². The van der Waals surface area contributed by atoms with Crippen LogP contribution in [0.5, 0.6) is 0 Å². The number of hydrogen-bond acceptors (Lipinski definition) is 5. The molecule has 0 saturated carbocycles. The van der Waals surface area contributed by atoms with E-state index in [0.29, 0.717) is 12.1 Å². The Balaban J connectivity index is 3.12. The Morgan fingerprint density at radius 2 is 2.10 bits per heavy atom. The van der Waals surface area contributed by atoms with Gasteiger partial charge < -0.3 is 5.32 Å². The molecule has 0 unspecified atom stereocenters. The molecule has 1 N–H and O–H groups in total. The van der Waals surface area contributed by atoms with Crippen molar-refractivity contribution in [1.29, 1.82) is 0 Å². The smallest absolute Gasteiger partial charge is 0.311 e. The minimum atomic E-state index is -0.913. The van der Waals surface area contributed by atoms with E-state index in [1.54, 1.807) is 0 Å². The van der Waals surface area contributed by atoms with Gasteiger partial charge in [0, 0.05) is 19.6 Å². The van der Waals surface area contributed by atoms with Crippen LogP contribution in [0.2, 0.25) is 0 Å². The third kappa shape index (κ3) is 3.64. The molecule has 0 aliphatic heterocycles. The fourth-order valence-electron chi connectivity index (χ4n) is 1.60. The van der Waals surface area contributed by atoms with E-state index in [4.69, 9.17) is 0 Å². The van der Waals surface area contributed by atoms with E-state index >= 15 is 0 Å². The van der Waals surface area contributed by atoms with Crippen molar-refractivity contribution in [1.82, 2.24) is 14.5 Å². The van der Waals surface area contributed by atoms with Gasteiger partial charge in [0.05, 0.1) is 17.7 Å². The van der Waals surface area contributed by atoms with E-state index in [9.17, 15) is 19.7 Å². The minimum absolute atomic E-state index is 0.0487. The van der Waals surface area contributed by atoms with Crippen molar-refractivity contribution in [3.63, 3.8) is 0 Å². The summed E-state index contributed by atoms with van der Waals surface area (Å²) in [6.07, 6.45) is 0.927. The van der Waals surface area contributed by atoms with Gasteiger partial charge in [0.15, 0.2) is 0 Å². The third-order valence-corrected chi connectivity index (χ3v) is 2.65. The Bertz CT molecular complexity index is 642. The van der Waals surface area contributed by atoms with Gasteiger partial charge in [-0.3, -0.25) is 24.0 Å². The van der Waals surface area contributed by atoms with Crippen molar-refractivity contribution in [3.05, 3.63) is 49.3 Å². The third-order valence-electron chi connectivity index (χ3n) is 2.65. The first-order valence-electron chi connectivity index (χ1n) is 6.09. The highest BCUT2D eigenvalue weighted by Gasteiger charge is 2.18. The standard InChI is InChI=1S/C12H18N4O4/c1-8(2)13-5-9(3)6-15-11(17)10(16(19)20)7-14(4)12(15)18/h7-8,13H,3,5-6H2,1-2,4H3. The second-order valence-corrected chi connectivity index (χ2v) is 4.84. The molecule has 0 aliphatic rings. The zero-order valence-corrected chi connectivity index (χ0v) is 11.8. The molecule has 0 radical (unpaired) electrons. The summed E-state index contributed by atoms with van der Waals surface area (Å²) in [7, 11) is 1.36. The lowest BCUT2D eigenvalue weighted by atomic mass is 10.2. The second-order valence-electron chi connectivity index (χ2n) is 4.84. The molecule has 1 aromatic heterocycles. The monoisotopic (exact) mass is 282 g/mol. The summed E-state index contributed by atoms with van der Waals surface area (Å²) < 4.78 is 1.84. The average Bonchev–Trinajstić information content (AvgIpc) is 2.36. The summed E-state index contributed by atoms with van der Waals surface area (Å²) in [6.45, 7) is 8.05. The molecule has 110 valence electrons. The fraction of sp³-hybridized carbons (Fsp3) is 0.500. The maximum absolute atomic E-state index is 11.9. The minimum Gasteiger partial charge on any atom is -0.311 e. The van der Waals surface area contributed by atoms with Crippen LogP contribution in [0.15, 0.2) is 27.9 Å². The molecule has 0 aromatic carbocycles. The molecule has 0 amide bonds. The molecule has 0 fully saturated rings.